The molecule has 1 atom stereocenters. The van der Waals surface area contributed by atoms with Crippen molar-refractivity contribution in [2.24, 2.45) is 0 Å². The van der Waals surface area contributed by atoms with E-state index >= 15 is 0 Å². The van der Waals surface area contributed by atoms with Crippen LogP contribution in [0.1, 0.15) is 45.4 Å². The minimum absolute atomic E-state index is 0.00183. The number of likely N-dealkylation sites (tertiary alicyclic amines) is 1. The molecule has 1 rings (SSSR count). The fourth-order valence-corrected chi connectivity index (χ4v) is 3.73. The zero-order chi connectivity index (χ0) is 15.2. The molecule has 116 valence electrons. The van der Waals surface area contributed by atoms with Crippen molar-refractivity contribution in [3.8, 4) is 0 Å². The first-order chi connectivity index (χ1) is 9.37. The van der Waals surface area contributed by atoms with Crippen molar-refractivity contribution >= 4 is 21.7 Å². The topological polar surface area (TPSA) is 91.8 Å². The number of amides is 1. The minimum Gasteiger partial charge on any atom is -0.480 e. The monoisotopic (exact) mass is 305 g/mol. The standard InChI is InChI=1S/C13H23NO5S/c1-2-3-6-9-20(18,19)10-12(15)14-8-5-4-7-11(14)13(16)17/h11H,2-10H2,1H3,(H,16,17)/t11-/m1/s1. The Morgan fingerprint density at radius 1 is 1.25 bits per heavy atom. The van der Waals surface area contributed by atoms with E-state index in [1.165, 1.54) is 4.90 Å². The number of carboxylic acids is 1. The predicted molar refractivity (Wildman–Crippen MR) is 75.2 cm³/mol. The highest BCUT2D eigenvalue weighted by Crippen LogP contribution is 2.18. The Hall–Kier alpha value is -1.11. The molecule has 1 amide bonds. The predicted octanol–water partition coefficient (Wildman–Crippen LogP) is 1.06. The number of carboxylic acid groups (broad SMARTS) is 1. The van der Waals surface area contributed by atoms with Gasteiger partial charge in [-0.25, -0.2) is 13.2 Å². The molecule has 1 fully saturated rings. The van der Waals surface area contributed by atoms with Gasteiger partial charge in [-0.2, -0.15) is 0 Å². The zero-order valence-corrected chi connectivity index (χ0v) is 12.7. The highest BCUT2D eigenvalue weighted by Gasteiger charge is 2.33. The van der Waals surface area contributed by atoms with E-state index in [4.69, 9.17) is 5.11 Å². The van der Waals surface area contributed by atoms with E-state index in [1.54, 1.807) is 0 Å². The first-order valence-electron chi connectivity index (χ1n) is 7.10. The molecule has 6 nitrogen and oxygen atoms in total. The second-order valence-corrected chi connectivity index (χ2v) is 7.42. The number of unbranched alkanes of at least 4 members (excludes halogenated alkanes) is 2. The van der Waals surface area contributed by atoms with Crippen LogP contribution in [0.4, 0.5) is 0 Å². The van der Waals surface area contributed by atoms with Crippen LogP contribution in [-0.4, -0.2) is 54.4 Å². The van der Waals surface area contributed by atoms with Crippen molar-refractivity contribution in [2.75, 3.05) is 18.1 Å². The van der Waals surface area contributed by atoms with Crippen molar-refractivity contribution in [1.29, 1.82) is 0 Å². The summed E-state index contributed by atoms with van der Waals surface area (Å²) >= 11 is 0. The molecule has 1 saturated heterocycles. The van der Waals surface area contributed by atoms with Crippen LogP contribution < -0.4 is 0 Å². The van der Waals surface area contributed by atoms with Gasteiger partial charge in [0.05, 0.1) is 5.75 Å². The van der Waals surface area contributed by atoms with Gasteiger partial charge in [-0.3, -0.25) is 4.79 Å². The Morgan fingerprint density at radius 3 is 2.55 bits per heavy atom. The molecule has 0 aromatic rings. The lowest BCUT2D eigenvalue weighted by molar-refractivity contribution is -0.151. The minimum atomic E-state index is -3.44. The molecule has 20 heavy (non-hydrogen) atoms. The molecule has 0 bridgehead atoms. The average Bonchev–Trinajstić information content (AvgIpc) is 2.38. The van der Waals surface area contributed by atoms with E-state index in [2.05, 4.69) is 0 Å². The molecular formula is C13H23NO5S. The van der Waals surface area contributed by atoms with Crippen LogP contribution in [0.25, 0.3) is 0 Å². The van der Waals surface area contributed by atoms with Crippen molar-refractivity contribution in [1.82, 2.24) is 4.90 Å². The normalized spacial score (nSPS) is 19.9. The molecule has 7 heteroatoms. The van der Waals surface area contributed by atoms with Crippen LogP contribution >= 0.6 is 0 Å². The maximum atomic E-state index is 12.0. The third-order valence-electron chi connectivity index (χ3n) is 3.51. The van der Waals surface area contributed by atoms with Gasteiger partial charge in [0.1, 0.15) is 11.8 Å². The number of rotatable bonds is 7. The fraction of sp³-hybridized carbons (Fsp3) is 0.846. The fourth-order valence-electron chi connectivity index (χ4n) is 2.40. The number of hydrogen-bond donors (Lipinski definition) is 1. The Morgan fingerprint density at radius 2 is 1.95 bits per heavy atom. The van der Waals surface area contributed by atoms with Gasteiger partial charge in [0.25, 0.3) is 0 Å². The Bertz CT molecular complexity index is 446. The van der Waals surface area contributed by atoms with E-state index in [-0.39, 0.29) is 5.75 Å². The molecule has 0 saturated carbocycles. The van der Waals surface area contributed by atoms with Gasteiger partial charge >= 0.3 is 5.97 Å². The molecular weight excluding hydrogens is 282 g/mol. The van der Waals surface area contributed by atoms with E-state index in [9.17, 15) is 18.0 Å². The SMILES string of the molecule is CCCCCS(=O)(=O)CC(=O)N1CCCC[C@@H]1C(=O)O. The van der Waals surface area contributed by atoms with Gasteiger partial charge in [0.15, 0.2) is 9.84 Å². The van der Waals surface area contributed by atoms with Crippen molar-refractivity contribution in [2.45, 2.75) is 51.5 Å². The number of hydrogen-bond acceptors (Lipinski definition) is 4. The highest BCUT2D eigenvalue weighted by atomic mass is 32.2. The first-order valence-corrected chi connectivity index (χ1v) is 8.92. The number of sulfone groups is 1. The van der Waals surface area contributed by atoms with Crippen LogP contribution in [-0.2, 0) is 19.4 Å². The molecule has 0 spiro atoms. The van der Waals surface area contributed by atoms with Gasteiger partial charge in [-0.15, -0.1) is 0 Å². The largest absolute Gasteiger partial charge is 0.480 e. The molecule has 1 heterocycles. The Kier molecular flexibility index (Phi) is 6.45. The van der Waals surface area contributed by atoms with Crippen LogP contribution in [0.15, 0.2) is 0 Å². The number of carbonyl (C=O) groups excluding carboxylic acids is 1. The zero-order valence-electron chi connectivity index (χ0n) is 11.9. The quantitative estimate of drug-likeness (QED) is 0.710. The van der Waals surface area contributed by atoms with Crippen LogP contribution in [0, 0.1) is 0 Å². The van der Waals surface area contributed by atoms with Crippen molar-refractivity contribution < 1.29 is 23.1 Å². The van der Waals surface area contributed by atoms with Crippen LogP contribution in [0.5, 0.6) is 0 Å². The van der Waals surface area contributed by atoms with Crippen LogP contribution in [0.3, 0.4) is 0 Å². The van der Waals surface area contributed by atoms with Gasteiger partial charge in [0, 0.05) is 6.54 Å². The Labute approximate surface area is 120 Å². The molecule has 0 aromatic heterocycles. The molecule has 1 N–H and O–H groups in total. The molecule has 0 aromatic carbocycles. The maximum Gasteiger partial charge on any atom is 0.326 e. The van der Waals surface area contributed by atoms with E-state index < -0.39 is 33.5 Å². The van der Waals surface area contributed by atoms with Gasteiger partial charge < -0.3 is 10.0 Å². The third-order valence-corrected chi connectivity index (χ3v) is 5.11. The van der Waals surface area contributed by atoms with E-state index in [0.717, 1.165) is 25.7 Å². The van der Waals surface area contributed by atoms with Gasteiger partial charge in [-0.05, 0) is 25.7 Å². The second kappa shape index (κ2) is 7.61. The number of aliphatic carboxylic acids is 1. The van der Waals surface area contributed by atoms with Crippen molar-refractivity contribution in [3.05, 3.63) is 0 Å². The number of piperidine rings is 1. The summed E-state index contributed by atoms with van der Waals surface area (Å²) in [5.74, 6) is -2.20. The lowest BCUT2D eigenvalue weighted by Crippen LogP contribution is -2.49. The molecule has 0 radical (unpaired) electrons. The first kappa shape index (κ1) is 16.9. The van der Waals surface area contributed by atoms with Crippen molar-refractivity contribution in [3.63, 3.8) is 0 Å². The van der Waals surface area contributed by atoms with Gasteiger partial charge in [0.2, 0.25) is 5.91 Å². The van der Waals surface area contributed by atoms with Gasteiger partial charge in [-0.1, -0.05) is 19.8 Å². The summed E-state index contributed by atoms with van der Waals surface area (Å²) in [4.78, 5) is 24.4. The number of carbonyl (C=O) groups is 2. The summed E-state index contributed by atoms with van der Waals surface area (Å²) in [6.07, 6.45) is 4.16. The summed E-state index contributed by atoms with van der Waals surface area (Å²) < 4.78 is 23.7. The highest BCUT2D eigenvalue weighted by molar-refractivity contribution is 7.92. The lowest BCUT2D eigenvalue weighted by Gasteiger charge is -2.32. The molecule has 1 aliphatic heterocycles. The smallest absolute Gasteiger partial charge is 0.326 e. The van der Waals surface area contributed by atoms with E-state index in [1.807, 2.05) is 6.92 Å². The maximum absolute atomic E-state index is 12.0. The summed E-state index contributed by atoms with van der Waals surface area (Å²) in [6.45, 7) is 2.31. The third kappa shape index (κ3) is 5.11. The molecule has 1 aliphatic rings. The summed E-state index contributed by atoms with van der Waals surface area (Å²) in [7, 11) is -3.44. The average molecular weight is 305 g/mol. The summed E-state index contributed by atoms with van der Waals surface area (Å²) in [5, 5.41) is 9.09. The molecule has 0 aliphatic carbocycles. The second-order valence-electron chi connectivity index (χ2n) is 5.24. The van der Waals surface area contributed by atoms with Crippen LogP contribution in [0.2, 0.25) is 0 Å². The summed E-state index contributed by atoms with van der Waals surface area (Å²) in [5.41, 5.74) is 0. The molecule has 0 unspecified atom stereocenters. The lowest BCUT2D eigenvalue weighted by atomic mass is 10.0. The summed E-state index contributed by atoms with van der Waals surface area (Å²) in [6, 6.07) is -0.873. The van der Waals surface area contributed by atoms with E-state index in [0.29, 0.717) is 19.4 Å². The number of nitrogens with zero attached hydrogens (tertiary/aromatic N) is 1. The Balaban J connectivity index is 2.62.